The molecular formula is C11H12BrN3. The molecule has 0 saturated heterocycles. The quantitative estimate of drug-likeness (QED) is 0.908. The molecule has 0 aliphatic heterocycles. The second-order valence-corrected chi connectivity index (χ2v) is 4.17. The summed E-state index contributed by atoms with van der Waals surface area (Å²) >= 11 is 3.45. The Labute approximate surface area is 97.1 Å². The second kappa shape index (κ2) is 4.06. The zero-order chi connectivity index (χ0) is 10.8. The summed E-state index contributed by atoms with van der Waals surface area (Å²) in [4.78, 5) is 4.12. The highest BCUT2D eigenvalue weighted by molar-refractivity contribution is 9.10. The number of nitrogens with two attached hydrogens (primary N) is 1. The van der Waals surface area contributed by atoms with Gasteiger partial charge in [-0.15, -0.1) is 0 Å². The summed E-state index contributed by atoms with van der Waals surface area (Å²) in [5, 5.41) is 0. The van der Waals surface area contributed by atoms with Crippen LogP contribution >= 0.6 is 15.9 Å². The highest BCUT2D eigenvalue weighted by Gasteiger charge is 2.07. The van der Waals surface area contributed by atoms with Crippen molar-refractivity contribution >= 4 is 21.9 Å². The van der Waals surface area contributed by atoms with Gasteiger partial charge >= 0.3 is 0 Å². The zero-order valence-corrected chi connectivity index (χ0v) is 10.0. The predicted octanol–water partition coefficient (Wildman–Crippen LogP) is 2.91. The number of halogens is 1. The lowest BCUT2D eigenvalue weighted by Crippen LogP contribution is -2.02. The zero-order valence-electron chi connectivity index (χ0n) is 8.44. The molecule has 0 unspecified atom stereocenters. The minimum absolute atomic E-state index is 0.562. The number of anilines is 1. The third-order valence-electron chi connectivity index (χ3n) is 2.32. The van der Waals surface area contributed by atoms with Crippen LogP contribution in [0.15, 0.2) is 34.9 Å². The molecule has 0 atom stereocenters. The Morgan fingerprint density at radius 3 is 2.93 bits per heavy atom. The van der Waals surface area contributed by atoms with E-state index in [2.05, 4.69) is 33.9 Å². The highest BCUT2D eigenvalue weighted by Crippen LogP contribution is 2.24. The SMILES string of the molecule is CCn1c(-c2cccc(Br)c2)cnc1N. The average molecular weight is 266 g/mol. The molecule has 2 aromatic rings. The first-order valence-corrected chi connectivity index (χ1v) is 5.58. The van der Waals surface area contributed by atoms with E-state index in [9.17, 15) is 0 Å². The van der Waals surface area contributed by atoms with Crippen LogP contribution in [0.25, 0.3) is 11.3 Å². The molecule has 0 fully saturated rings. The summed E-state index contributed by atoms with van der Waals surface area (Å²) in [6.07, 6.45) is 1.81. The van der Waals surface area contributed by atoms with Crippen LogP contribution < -0.4 is 5.73 Å². The predicted molar refractivity (Wildman–Crippen MR) is 65.4 cm³/mol. The number of imidazole rings is 1. The molecule has 0 spiro atoms. The summed E-state index contributed by atoms with van der Waals surface area (Å²) in [6, 6.07) is 8.11. The van der Waals surface area contributed by atoms with Crippen molar-refractivity contribution in [2.75, 3.05) is 5.73 Å². The van der Waals surface area contributed by atoms with E-state index in [1.807, 2.05) is 22.8 Å². The van der Waals surface area contributed by atoms with Crippen LogP contribution in [-0.4, -0.2) is 9.55 Å². The monoisotopic (exact) mass is 265 g/mol. The van der Waals surface area contributed by atoms with E-state index in [1.165, 1.54) is 0 Å². The minimum Gasteiger partial charge on any atom is -0.369 e. The van der Waals surface area contributed by atoms with E-state index in [-0.39, 0.29) is 0 Å². The van der Waals surface area contributed by atoms with Gasteiger partial charge in [0, 0.05) is 16.6 Å². The third kappa shape index (κ3) is 1.90. The van der Waals surface area contributed by atoms with Gasteiger partial charge < -0.3 is 10.3 Å². The van der Waals surface area contributed by atoms with Crippen molar-refractivity contribution in [1.82, 2.24) is 9.55 Å². The first-order chi connectivity index (χ1) is 7.22. The first kappa shape index (κ1) is 10.2. The Bertz CT molecular complexity index is 476. The maximum Gasteiger partial charge on any atom is 0.200 e. The fraction of sp³-hybridized carbons (Fsp3) is 0.182. The van der Waals surface area contributed by atoms with Crippen LogP contribution in [0.2, 0.25) is 0 Å². The van der Waals surface area contributed by atoms with E-state index in [0.717, 1.165) is 22.3 Å². The van der Waals surface area contributed by atoms with Crippen LogP contribution in [0.4, 0.5) is 5.95 Å². The first-order valence-electron chi connectivity index (χ1n) is 4.79. The summed E-state index contributed by atoms with van der Waals surface area (Å²) in [7, 11) is 0. The fourth-order valence-electron chi connectivity index (χ4n) is 1.60. The number of hydrogen-bond donors (Lipinski definition) is 1. The maximum atomic E-state index is 5.77. The Kier molecular flexibility index (Phi) is 2.77. The van der Waals surface area contributed by atoms with Crippen molar-refractivity contribution in [3.63, 3.8) is 0 Å². The fourth-order valence-corrected chi connectivity index (χ4v) is 2.00. The van der Waals surface area contributed by atoms with Gasteiger partial charge in [0.25, 0.3) is 0 Å². The number of hydrogen-bond acceptors (Lipinski definition) is 2. The van der Waals surface area contributed by atoms with Gasteiger partial charge in [0.05, 0.1) is 11.9 Å². The molecule has 2 rings (SSSR count). The molecule has 1 aromatic heterocycles. The lowest BCUT2D eigenvalue weighted by atomic mass is 10.2. The van der Waals surface area contributed by atoms with Gasteiger partial charge in [0.1, 0.15) is 0 Å². The summed E-state index contributed by atoms with van der Waals surface area (Å²) in [6.45, 7) is 2.88. The van der Waals surface area contributed by atoms with Crippen LogP contribution in [0.3, 0.4) is 0 Å². The molecule has 2 N–H and O–H groups in total. The molecule has 3 nitrogen and oxygen atoms in total. The molecule has 0 aliphatic carbocycles. The normalized spacial score (nSPS) is 10.5. The van der Waals surface area contributed by atoms with Crippen molar-refractivity contribution in [3.8, 4) is 11.3 Å². The number of nitrogen functional groups attached to an aromatic ring is 1. The van der Waals surface area contributed by atoms with Gasteiger partial charge in [-0.1, -0.05) is 28.1 Å². The van der Waals surface area contributed by atoms with Crippen molar-refractivity contribution < 1.29 is 0 Å². The summed E-state index contributed by atoms with van der Waals surface area (Å²) in [5.41, 5.74) is 7.94. The number of rotatable bonds is 2. The number of aromatic nitrogens is 2. The van der Waals surface area contributed by atoms with Gasteiger partial charge in [-0.25, -0.2) is 4.98 Å². The molecule has 0 amide bonds. The topological polar surface area (TPSA) is 43.8 Å². The van der Waals surface area contributed by atoms with Gasteiger partial charge in [0.15, 0.2) is 0 Å². The Hall–Kier alpha value is -1.29. The number of nitrogens with zero attached hydrogens (tertiary/aromatic N) is 2. The molecular weight excluding hydrogens is 254 g/mol. The van der Waals surface area contributed by atoms with E-state index >= 15 is 0 Å². The summed E-state index contributed by atoms with van der Waals surface area (Å²) in [5.74, 6) is 0.562. The van der Waals surface area contributed by atoms with Gasteiger partial charge in [-0.05, 0) is 19.1 Å². The Morgan fingerprint density at radius 1 is 1.47 bits per heavy atom. The van der Waals surface area contributed by atoms with E-state index < -0.39 is 0 Å². The standard InChI is InChI=1S/C11H12BrN3/c1-2-15-10(7-14-11(15)13)8-4-3-5-9(12)6-8/h3-7H,2H2,1H3,(H2,13,14). The molecule has 0 radical (unpaired) electrons. The average Bonchev–Trinajstić information content (AvgIpc) is 2.59. The van der Waals surface area contributed by atoms with E-state index in [0.29, 0.717) is 5.95 Å². The second-order valence-electron chi connectivity index (χ2n) is 3.26. The minimum atomic E-state index is 0.562. The third-order valence-corrected chi connectivity index (χ3v) is 2.82. The van der Waals surface area contributed by atoms with Crippen molar-refractivity contribution in [2.24, 2.45) is 0 Å². The lowest BCUT2D eigenvalue weighted by Gasteiger charge is -2.06. The Balaban J connectivity index is 2.54. The smallest absolute Gasteiger partial charge is 0.200 e. The number of benzene rings is 1. The molecule has 4 heteroatoms. The van der Waals surface area contributed by atoms with Crippen LogP contribution in [0.5, 0.6) is 0 Å². The molecule has 15 heavy (non-hydrogen) atoms. The lowest BCUT2D eigenvalue weighted by molar-refractivity contribution is 0.781. The van der Waals surface area contributed by atoms with Gasteiger partial charge in [-0.3, -0.25) is 0 Å². The molecule has 0 aliphatic rings. The molecule has 0 saturated carbocycles. The van der Waals surface area contributed by atoms with Crippen molar-refractivity contribution in [1.29, 1.82) is 0 Å². The van der Waals surface area contributed by atoms with Crippen LogP contribution in [0, 0.1) is 0 Å². The molecule has 78 valence electrons. The maximum absolute atomic E-state index is 5.77. The van der Waals surface area contributed by atoms with Crippen LogP contribution in [0.1, 0.15) is 6.92 Å². The Morgan fingerprint density at radius 2 is 2.27 bits per heavy atom. The molecule has 0 bridgehead atoms. The highest BCUT2D eigenvalue weighted by atomic mass is 79.9. The van der Waals surface area contributed by atoms with Crippen molar-refractivity contribution in [3.05, 3.63) is 34.9 Å². The van der Waals surface area contributed by atoms with Crippen molar-refractivity contribution in [2.45, 2.75) is 13.5 Å². The van der Waals surface area contributed by atoms with E-state index in [4.69, 9.17) is 5.73 Å². The largest absolute Gasteiger partial charge is 0.369 e. The van der Waals surface area contributed by atoms with Crippen LogP contribution in [-0.2, 0) is 6.54 Å². The van der Waals surface area contributed by atoms with Gasteiger partial charge in [-0.2, -0.15) is 0 Å². The van der Waals surface area contributed by atoms with E-state index in [1.54, 1.807) is 6.20 Å². The van der Waals surface area contributed by atoms with Gasteiger partial charge in [0.2, 0.25) is 5.95 Å². The molecule has 1 aromatic carbocycles. The molecule has 1 heterocycles. The summed E-state index contributed by atoms with van der Waals surface area (Å²) < 4.78 is 3.05.